The Morgan fingerprint density at radius 2 is 2.26 bits per heavy atom. The molecule has 0 saturated heterocycles. The van der Waals surface area contributed by atoms with Gasteiger partial charge in [-0.2, -0.15) is 5.10 Å². The van der Waals surface area contributed by atoms with Gasteiger partial charge in [0.25, 0.3) is 5.91 Å². The lowest BCUT2D eigenvalue weighted by Crippen LogP contribution is -2.35. The van der Waals surface area contributed by atoms with Crippen molar-refractivity contribution in [2.45, 2.75) is 52.1 Å². The van der Waals surface area contributed by atoms with Gasteiger partial charge in [-0.1, -0.05) is 6.92 Å². The van der Waals surface area contributed by atoms with Gasteiger partial charge >= 0.3 is 0 Å². The minimum atomic E-state index is -0.0271. The summed E-state index contributed by atoms with van der Waals surface area (Å²) in [4.78, 5) is 19.4. The summed E-state index contributed by atoms with van der Waals surface area (Å²) in [6, 6.07) is 2.34. The van der Waals surface area contributed by atoms with Crippen molar-refractivity contribution in [3.05, 3.63) is 23.5 Å². The average Bonchev–Trinajstić information content (AvgIpc) is 3.30. The van der Waals surface area contributed by atoms with Crippen molar-refractivity contribution in [2.24, 2.45) is 0 Å². The molecule has 6 nitrogen and oxygen atoms in total. The smallest absolute Gasteiger partial charge is 0.255 e. The number of amides is 1. The van der Waals surface area contributed by atoms with E-state index in [1.807, 2.05) is 17.7 Å². The van der Waals surface area contributed by atoms with E-state index in [0.717, 1.165) is 36.0 Å². The highest BCUT2D eigenvalue weighted by atomic mass is 16.3. The quantitative estimate of drug-likeness (QED) is 0.887. The molecule has 1 saturated carbocycles. The summed E-state index contributed by atoms with van der Waals surface area (Å²) in [5.74, 6) is -0.0271. The van der Waals surface area contributed by atoms with Crippen LogP contribution in [0.5, 0.6) is 0 Å². The van der Waals surface area contributed by atoms with E-state index in [2.05, 4.69) is 23.9 Å². The normalized spacial score (nSPS) is 15.8. The zero-order valence-electron chi connectivity index (χ0n) is 14.0. The Morgan fingerprint density at radius 3 is 2.87 bits per heavy atom. The fraction of sp³-hybridized carbons (Fsp3) is 0.588. The standard InChI is InChI=1S/C17H24N4O2/c1-4-12(3)21-16-15(10-18-21)14(9-11(2)19-16)17(23)20(7-8-22)13-5-6-13/h9-10,12-13,22H,4-8H2,1-3H3. The molecule has 2 aromatic heterocycles. The number of hydrogen-bond acceptors (Lipinski definition) is 4. The van der Waals surface area contributed by atoms with Crippen LogP contribution in [0.2, 0.25) is 0 Å². The van der Waals surface area contributed by atoms with Gasteiger partial charge in [0, 0.05) is 18.3 Å². The second-order valence-corrected chi connectivity index (χ2v) is 6.35. The molecule has 0 spiro atoms. The summed E-state index contributed by atoms with van der Waals surface area (Å²) in [5, 5.41) is 14.5. The number of nitrogens with zero attached hydrogens (tertiary/aromatic N) is 4. The molecule has 1 atom stereocenters. The van der Waals surface area contributed by atoms with Crippen LogP contribution in [0.3, 0.4) is 0 Å². The Hall–Kier alpha value is -1.95. The Balaban J connectivity index is 2.06. The minimum absolute atomic E-state index is 0.0123. The number of aryl methyl sites for hydroxylation is 1. The number of carbonyl (C=O) groups excluding carboxylic acids is 1. The van der Waals surface area contributed by atoms with E-state index in [0.29, 0.717) is 12.1 Å². The molecule has 0 aliphatic heterocycles. The maximum absolute atomic E-state index is 13.0. The monoisotopic (exact) mass is 316 g/mol. The number of aliphatic hydroxyl groups is 1. The predicted octanol–water partition coefficient (Wildman–Crippen LogP) is 2.31. The van der Waals surface area contributed by atoms with Gasteiger partial charge in [0.2, 0.25) is 0 Å². The zero-order chi connectivity index (χ0) is 16.6. The predicted molar refractivity (Wildman–Crippen MR) is 88.4 cm³/mol. The van der Waals surface area contributed by atoms with E-state index >= 15 is 0 Å². The molecular formula is C17H24N4O2. The van der Waals surface area contributed by atoms with Gasteiger partial charge in [-0.15, -0.1) is 0 Å². The maximum atomic E-state index is 13.0. The van der Waals surface area contributed by atoms with E-state index in [1.54, 1.807) is 11.1 Å². The van der Waals surface area contributed by atoms with Gasteiger partial charge in [-0.05, 0) is 39.2 Å². The van der Waals surface area contributed by atoms with E-state index < -0.39 is 0 Å². The summed E-state index contributed by atoms with van der Waals surface area (Å²) in [6.45, 7) is 6.47. The van der Waals surface area contributed by atoms with Gasteiger partial charge in [0.15, 0.2) is 5.65 Å². The number of pyridine rings is 1. The highest BCUT2D eigenvalue weighted by molar-refractivity contribution is 6.05. The van der Waals surface area contributed by atoms with Crippen LogP contribution >= 0.6 is 0 Å². The molecule has 1 aliphatic rings. The van der Waals surface area contributed by atoms with Crippen LogP contribution in [0.15, 0.2) is 12.3 Å². The Morgan fingerprint density at radius 1 is 1.52 bits per heavy atom. The number of hydrogen-bond donors (Lipinski definition) is 1. The highest BCUT2D eigenvalue weighted by Crippen LogP contribution is 2.30. The average molecular weight is 316 g/mol. The topological polar surface area (TPSA) is 71.2 Å². The third-order valence-electron chi connectivity index (χ3n) is 4.52. The summed E-state index contributed by atoms with van der Waals surface area (Å²) in [7, 11) is 0. The molecule has 0 bridgehead atoms. The first kappa shape index (κ1) is 15.9. The molecule has 1 N–H and O–H groups in total. The molecule has 2 heterocycles. The molecule has 6 heteroatoms. The summed E-state index contributed by atoms with van der Waals surface area (Å²) in [5.41, 5.74) is 2.22. The molecule has 0 aromatic carbocycles. The van der Waals surface area contributed by atoms with Crippen molar-refractivity contribution in [3.63, 3.8) is 0 Å². The molecule has 2 aromatic rings. The molecule has 1 fully saturated rings. The van der Waals surface area contributed by atoms with Crippen LogP contribution in [0.25, 0.3) is 11.0 Å². The van der Waals surface area contributed by atoms with Crippen LogP contribution in [-0.2, 0) is 0 Å². The van der Waals surface area contributed by atoms with E-state index in [1.165, 1.54) is 0 Å². The van der Waals surface area contributed by atoms with Gasteiger partial charge in [0.05, 0.1) is 29.8 Å². The molecule has 124 valence electrons. The van der Waals surface area contributed by atoms with Crippen molar-refractivity contribution < 1.29 is 9.90 Å². The van der Waals surface area contributed by atoms with Gasteiger partial charge in [-0.3, -0.25) is 4.79 Å². The minimum Gasteiger partial charge on any atom is -0.395 e. The number of rotatable bonds is 6. The summed E-state index contributed by atoms with van der Waals surface area (Å²) in [6.07, 6.45) is 4.73. The first-order valence-electron chi connectivity index (χ1n) is 8.33. The first-order chi connectivity index (χ1) is 11.1. The molecule has 23 heavy (non-hydrogen) atoms. The number of carbonyl (C=O) groups is 1. The zero-order valence-corrected chi connectivity index (χ0v) is 14.0. The van der Waals surface area contributed by atoms with Crippen molar-refractivity contribution in [1.82, 2.24) is 19.7 Å². The number of aliphatic hydroxyl groups excluding tert-OH is 1. The fourth-order valence-corrected chi connectivity index (χ4v) is 2.91. The lowest BCUT2D eigenvalue weighted by atomic mass is 10.1. The van der Waals surface area contributed by atoms with Crippen molar-refractivity contribution in [1.29, 1.82) is 0 Å². The van der Waals surface area contributed by atoms with E-state index in [4.69, 9.17) is 0 Å². The highest BCUT2D eigenvalue weighted by Gasteiger charge is 2.33. The third-order valence-corrected chi connectivity index (χ3v) is 4.52. The van der Waals surface area contributed by atoms with Crippen LogP contribution in [0.4, 0.5) is 0 Å². The summed E-state index contributed by atoms with van der Waals surface area (Å²) >= 11 is 0. The van der Waals surface area contributed by atoms with E-state index in [9.17, 15) is 9.90 Å². The molecule has 1 aliphatic carbocycles. The Labute approximate surface area is 136 Å². The van der Waals surface area contributed by atoms with E-state index in [-0.39, 0.29) is 24.6 Å². The van der Waals surface area contributed by atoms with Crippen molar-refractivity contribution in [2.75, 3.05) is 13.2 Å². The fourth-order valence-electron chi connectivity index (χ4n) is 2.91. The molecule has 0 radical (unpaired) electrons. The number of aromatic nitrogens is 3. The second-order valence-electron chi connectivity index (χ2n) is 6.35. The first-order valence-corrected chi connectivity index (χ1v) is 8.33. The van der Waals surface area contributed by atoms with Crippen molar-refractivity contribution >= 4 is 16.9 Å². The maximum Gasteiger partial charge on any atom is 0.255 e. The second kappa shape index (κ2) is 6.28. The lowest BCUT2D eigenvalue weighted by Gasteiger charge is -2.22. The van der Waals surface area contributed by atoms with Crippen LogP contribution in [0.1, 0.15) is 55.2 Å². The molecule has 1 unspecified atom stereocenters. The largest absolute Gasteiger partial charge is 0.395 e. The van der Waals surface area contributed by atoms with Gasteiger partial charge in [0.1, 0.15) is 0 Å². The summed E-state index contributed by atoms with van der Waals surface area (Å²) < 4.78 is 1.90. The van der Waals surface area contributed by atoms with Crippen LogP contribution in [-0.4, -0.2) is 49.9 Å². The molecular weight excluding hydrogens is 292 g/mol. The van der Waals surface area contributed by atoms with Crippen molar-refractivity contribution in [3.8, 4) is 0 Å². The van der Waals surface area contributed by atoms with Gasteiger partial charge < -0.3 is 10.0 Å². The van der Waals surface area contributed by atoms with Crippen LogP contribution in [0, 0.1) is 6.92 Å². The SMILES string of the molecule is CCC(C)n1ncc2c(C(=O)N(CCO)C3CC3)cc(C)nc21. The number of fused-ring (bicyclic) bond motifs is 1. The molecule has 1 amide bonds. The third kappa shape index (κ3) is 2.95. The lowest BCUT2D eigenvalue weighted by molar-refractivity contribution is 0.0709. The Bertz CT molecular complexity index is 721. The van der Waals surface area contributed by atoms with Gasteiger partial charge in [-0.25, -0.2) is 9.67 Å². The van der Waals surface area contributed by atoms with Crippen LogP contribution < -0.4 is 0 Å². The Kier molecular flexibility index (Phi) is 4.35. The molecule has 3 rings (SSSR count).